The summed E-state index contributed by atoms with van der Waals surface area (Å²) < 4.78 is 4.23. The number of rotatable bonds is 4. The molecule has 18 heavy (non-hydrogen) atoms. The minimum Gasteiger partial charge on any atom is -0.370 e. The van der Waals surface area contributed by atoms with E-state index in [0.29, 0.717) is 0 Å². The average molecular weight is 280 g/mol. The molecule has 2 aromatic rings. The Morgan fingerprint density at radius 2 is 2.11 bits per heavy atom. The highest BCUT2D eigenvalue weighted by atomic mass is 32.1. The van der Waals surface area contributed by atoms with Crippen LogP contribution in [0.3, 0.4) is 0 Å². The second-order valence-electron chi connectivity index (χ2n) is 4.33. The van der Waals surface area contributed by atoms with Crippen LogP contribution in [0.25, 0.3) is 0 Å². The minimum atomic E-state index is 0.0716. The maximum absolute atomic E-state index is 11.5. The second-order valence-corrected chi connectivity index (χ2v) is 6.45. The molecule has 96 valence electrons. The van der Waals surface area contributed by atoms with Crippen LogP contribution in [0.1, 0.15) is 38.3 Å². The first kappa shape index (κ1) is 13.2. The van der Waals surface area contributed by atoms with Gasteiger partial charge in [0.05, 0.1) is 17.8 Å². The first-order valence-corrected chi connectivity index (χ1v) is 7.35. The van der Waals surface area contributed by atoms with Gasteiger partial charge in [-0.15, -0.1) is 11.3 Å². The molecule has 0 spiro atoms. The Labute approximate surface area is 115 Å². The maximum atomic E-state index is 11.5. The molecular formula is C13H16N2OS2. The number of Topliss-reactive ketones (excluding diaryl/α,β-unsaturated/α-hetero) is 1. The zero-order chi connectivity index (χ0) is 13.3. The number of nitrogens with zero attached hydrogens (tertiary/aromatic N) is 1. The van der Waals surface area contributed by atoms with Crippen molar-refractivity contribution in [2.24, 2.45) is 0 Å². The largest absolute Gasteiger partial charge is 0.370 e. The van der Waals surface area contributed by atoms with E-state index >= 15 is 0 Å². The fourth-order valence-corrected chi connectivity index (χ4v) is 3.64. The lowest BCUT2D eigenvalue weighted by atomic mass is 10.2. The third-order valence-electron chi connectivity index (χ3n) is 2.85. The van der Waals surface area contributed by atoms with Gasteiger partial charge in [-0.25, -0.2) is 0 Å². The summed E-state index contributed by atoms with van der Waals surface area (Å²) in [5, 5.41) is 4.20. The highest BCUT2D eigenvalue weighted by Gasteiger charge is 2.14. The lowest BCUT2D eigenvalue weighted by molar-refractivity contribution is 0.101. The Morgan fingerprint density at radius 1 is 1.39 bits per heavy atom. The first-order valence-electron chi connectivity index (χ1n) is 5.76. The lowest BCUT2D eigenvalue weighted by Crippen LogP contribution is -2.02. The van der Waals surface area contributed by atoms with E-state index in [1.54, 1.807) is 18.3 Å². The lowest BCUT2D eigenvalue weighted by Gasteiger charge is -2.03. The molecule has 0 aliphatic heterocycles. The van der Waals surface area contributed by atoms with Crippen molar-refractivity contribution in [2.45, 2.75) is 34.2 Å². The number of carbonyl (C=O) groups excluding carboxylic acids is 1. The zero-order valence-corrected chi connectivity index (χ0v) is 12.6. The standard InChI is InChI=1S/C13H16N2OS2/c1-7-5-11(17-10(7)4)6-14-13-12(9(3)16)8(2)15-18-13/h5,14H,6H2,1-4H3. The molecule has 0 unspecified atom stereocenters. The van der Waals surface area contributed by atoms with Crippen LogP contribution >= 0.6 is 22.9 Å². The van der Waals surface area contributed by atoms with Gasteiger partial charge in [-0.05, 0) is 50.9 Å². The van der Waals surface area contributed by atoms with Gasteiger partial charge >= 0.3 is 0 Å². The number of carbonyl (C=O) groups is 1. The summed E-state index contributed by atoms with van der Waals surface area (Å²) in [4.78, 5) is 14.2. The zero-order valence-electron chi connectivity index (χ0n) is 11.0. The third kappa shape index (κ3) is 2.62. The Hall–Kier alpha value is -1.20. The van der Waals surface area contributed by atoms with Gasteiger partial charge in [0.2, 0.25) is 0 Å². The number of hydrogen-bond donors (Lipinski definition) is 1. The van der Waals surface area contributed by atoms with Crippen molar-refractivity contribution in [3.8, 4) is 0 Å². The number of nitrogens with one attached hydrogen (secondary N) is 1. The Kier molecular flexibility index (Phi) is 3.82. The smallest absolute Gasteiger partial charge is 0.164 e. The Bertz CT molecular complexity index is 564. The van der Waals surface area contributed by atoms with Gasteiger partial charge in [-0.2, -0.15) is 4.37 Å². The molecule has 1 N–H and O–H groups in total. The summed E-state index contributed by atoms with van der Waals surface area (Å²) in [6.07, 6.45) is 0. The summed E-state index contributed by atoms with van der Waals surface area (Å²) in [5.74, 6) is 0.0716. The molecule has 0 aromatic carbocycles. The summed E-state index contributed by atoms with van der Waals surface area (Å²) in [6, 6.07) is 2.19. The van der Waals surface area contributed by atoms with Crippen molar-refractivity contribution in [1.29, 1.82) is 0 Å². The average Bonchev–Trinajstić information content (AvgIpc) is 2.80. The van der Waals surface area contributed by atoms with Gasteiger partial charge in [-0.1, -0.05) is 0 Å². The molecule has 5 heteroatoms. The number of ketones is 1. The van der Waals surface area contributed by atoms with Gasteiger partial charge in [0, 0.05) is 9.75 Å². The van der Waals surface area contributed by atoms with Crippen molar-refractivity contribution in [2.75, 3.05) is 5.32 Å². The highest BCUT2D eigenvalue weighted by molar-refractivity contribution is 7.12. The van der Waals surface area contributed by atoms with Crippen LogP contribution in [0.15, 0.2) is 6.07 Å². The van der Waals surface area contributed by atoms with E-state index in [1.807, 2.05) is 6.92 Å². The molecule has 2 rings (SSSR count). The van der Waals surface area contributed by atoms with Crippen molar-refractivity contribution in [3.05, 3.63) is 32.6 Å². The van der Waals surface area contributed by atoms with Crippen LogP contribution in [-0.2, 0) is 6.54 Å². The van der Waals surface area contributed by atoms with E-state index in [2.05, 4.69) is 29.6 Å². The van der Waals surface area contributed by atoms with Crippen LogP contribution in [0.4, 0.5) is 5.00 Å². The van der Waals surface area contributed by atoms with E-state index in [0.717, 1.165) is 22.8 Å². The molecule has 2 aromatic heterocycles. The number of thiophene rings is 1. The minimum absolute atomic E-state index is 0.0716. The van der Waals surface area contributed by atoms with E-state index < -0.39 is 0 Å². The van der Waals surface area contributed by atoms with Crippen molar-refractivity contribution >= 4 is 33.7 Å². The quantitative estimate of drug-likeness (QED) is 0.862. The Morgan fingerprint density at radius 3 is 2.67 bits per heavy atom. The molecule has 0 aliphatic rings. The molecule has 0 amide bonds. The number of aromatic nitrogens is 1. The molecule has 0 fully saturated rings. The molecule has 0 atom stereocenters. The monoisotopic (exact) mass is 280 g/mol. The van der Waals surface area contributed by atoms with E-state index in [-0.39, 0.29) is 5.78 Å². The van der Waals surface area contributed by atoms with Crippen LogP contribution in [0.2, 0.25) is 0 Å². The van der Waals surface area contributed by atoms with Crippen LogP contribution in [0, 0.1) is 20.8 Å². The summed E-state index contributed by atoms with van der Waals surface area (Å²) in [6.45, 7) is 8.45. The molecule has 3 nitrogen and oxygen atoms in total. The van der Waals surface area contributed by atoms with Crippen LogP contribution in [-0.4, -0.2) is 10.2 Å². The number of anilines is 1. The molecule has 2 heterocycles. The third-order valence-corrected chi connectivity index (χ3v) is 4.90. The second kappa shape index (κ2) is 5.20. The van der Waals surface area contributed by atoms with Crippen LogP contribution in [0.5, 0.6) is 0 Å². The predicted molar refractivity (Wildman–Crippen MR) is 78.0 cm³/mol. The van der Waals surface area contributed by atoms with Gasteiger partial charge in [-0.3, -0.25) is 4.79 Å². The molecule has 0 radical (unpaired) electrons. The highest BCUT2D eigenvalue weighted by Crippen LogP contribution is 2.27. The predicted octanol–water partition coefficient (Wildman–Crippen LogP) is 3.94. The molecule has 0 aliphatic carbocycles. The molecule has 0 saturated heterocycles. The topological polar surface area (TPSA) is 42.0 Å². The van der Waals surface area contributed by atoms with Crippen molar-refractivity contribution in [3.63, 3.8) is 0 Å². The van der Waals surface area contributed by atoms with Gasteiger partial charge in [0.1, 0.15) is 5.00 Å². The summed E-state index contributed by atoms with van der Waals surface area (Å²) in [7, 11) is 0. The van der Waals surface area contributed by atoms with Crippen LogP contribution < -0.4 is 5.32 Å². The van der Waals surface area contributed by atoms with Crippen molar-refractivity contribution < 1.29 is 4.79 Å². The van der Waals surface area contributed by atoms with E-state index in [9.17, 15) is 4.79 Å². The molecule has 0 saturated carbocycles. The number of aryl methyl sites for hydroxylation is 3. The Balaban J connectivity index is 2.13. The van der Waals surface area contributed by atoms with Gasteiger partial charge in [0.25, 0.3) is 0 Å². The summed E-state index contributed by atoms with van der Waals surface area (Å²) in [5.41, 5.74) is 2.86. The maximum Gasteiger partial charge on any atom is 0.164 e. The van der Waals surface area contributed by atoms with Gasteiger partial charge in [0.15, 0.2) is 5.78 Å². The fraction of sp³-hybridized carbons (Fsp3) is 0.385. The first-order chi connectivity index (χ1) is 8.49. The molecule has 0 bridgehead atoms. The fourth-order valence-electron chi connectivity index (χ4n) is 1.81. The van der Waals surface area contributed by atoms with E-state index in [4.69, 9.17) is 0 Å². The van der Waals surface area contributed by atoms with E-state index in [1.165, 1.54) is 26.9 Å². The SMILES string of the molecule is CC(=O)c1c(C)nsc1NCc1cc(C)c(C)s1. The summed E-state index contributed by atoms with van der Waals surface area (Å²) >= 11 is 3.15. The molecular weight excluding hydrogens is 264 g/mol. The normalized spacial score (nSPS) is 10.7. The van der Waals surface area contributed by atoms with Gasteiger partial charge < -0.3 is 5.32 Å². The number of hydrogen-bond acceptors (Lipinski definition) is 5. The van der Waals surface area contributed by atoms with Crippen molar-refractivity contribution in [1.82, 2.24) is 4.37 Å².